The lowest BCUT2D eigenvalue weighted by Gasteiger charge is -2.34. The number of rotatable bonds is 6. The van der Waals surface area contributed by atoms with Gasteiger partial charge in [-0.05, 0) is 19.9 Å². The van der Waals surface area contributed by atoms with Gasteiger partial charge >= 0.3 is 0 Å². The first-order valence-electron chi connectivity index (χ1n) is 5.92. The van der Waals surface area contributed by atoms with Crippen LogP contribution in [0.2, 0.25) is 0 Å². The zero-order chi connectivity index (χ0) is 15.0. The lowest BCUT2D eigenvalue weighted by atomic mass is 9.94. The van der Waals surface area contributed by atoms with E-state index in [1.807, 2.05) is 0 Å². The van der Waals surface area contributed by atoms with Crippen LogP contribution in [0.15, 0.2) is 0 Å². The molecule has 0 aromatic carbocycles. The fourth-order valence-electron chi connectivity index (χ4n) is 1.32. The van der Waals surface area contributed by atoms with Crippen molar-refractivity contribution in [1.29, 1.82) is 0 Å². The Bertz CT molecular complexity index is 272. The standard InChI is InChI=1S/C9H17NO4.C3H9N/c1-7(11)9(14,5-8(12)13)6-10(2,3)4;1-2-3-4/h14H,5-6H2,1-4H3;2-4H2,1H3. The smallest absolute Gasteiger partial charge is 0.176 e. The molecule has 3 N–H and O–H groups in total. The average Bonchev–Trinajstić information content (AvgIpc) is 2.13. The minimum Gasteiger partial charge on any atom is -0.550 e. The van der Waals surface area contributed by atoms with Crippen LogP contribution in [0.5, 0.6) is 0 Å². The lowest BCUT2D eigenvalue weighted by molar-refractivity contribution is -0.875. The minimum atomic E-state index is -1.82. The Morgan fingerprint density at radius 3 is 1.89 bits per heavy atom. The molecule has 1 unspecified atom stereocenters. The van der Waals surface area contributed by atoms with Crippen LogP contribution in [0.3, 0.4) is 0 Å². The van der Waals surface area contributed by atoms with Crippen molar-refractivity contribution in [2.45, 2.75) is 32.3 Å². The van der Waals surface area contributed by atoms with Crippen LogP contribution in [0.25, 0.3) is 0 Å². The van der Waals surface area contributed by atoms with Gasteiger partial charge in [0.25, 0.3) is 0 Å². The predicted octanol–water partition coefficient (Wildman–Crippen LogP) is -1.49. The highest BCUT2D eigenvalue weighted by atomic mass is 16.4. The third kappa shape index (κ3) is 10.2. The van der Waals surface area contributed by atoms with Crippen molar-refractivity contribution < 1.29 is 24.3 Å². The summed E-state index contributed by atoms with van der Waals surface area (Å²) in [6.07, 6.45) is 0.442. The number of aliphatic hydroxyl groups is 1. The molecule has 0 aromatic heterocycles. The van der Waals surface area contributed by atoms with Gasteiger partial charge in [0.15, 0.2) is 11.4 Å². The van der Waals surface area contributed by atoms with Gasteiger partial charge in [0.1, 0.15) is 6.54 Å². The molecule has 0 saturated carbocycles. The maximum atomic E-state index is 11.1. The quantitative estimate of drug-likeness (QED) is 0.567. The molecule has 0 heterocycles. The summed E-state index contributed by atoms with van der Waals surface area (Å²) in [4.78, 5) is 21.5. The second kappa shape index (κ2) is 8.18. The van der Waals surface area contributed by atoms with Gasteiger partial charge in [0, 0.05) is 12.4 Å². The fraction of sp³-hybridized carbons (Fsp3) is 0.833. The maximum absolute atomic E-state index is 11.1. The van der Waals surface area contributed by atoms with E-state index in [9.17, 15) is 19.8 Å². The molecule has 0 bridgehead atoms. The molecule has 108 valence electrons. The Balaban J connectivity index is 0. The van der Waals surface area contributed by atoms with Gasteiger partial charge in [-0.3, -0.25) is 4.79 Å². The summed E-state index contributed by atoms with van der Waals surface area (Å²) in [5.41, 5.74) is 3.21. The summed E-state index contributed by atoms with van der Waals surface area (Å²) >= 11 is 0. The number of carboxylic acid groups (broad SMARTS) is 1. The zero-order valence-electron chi connectivity index (χ0n) is 12.0. The van der Waals surface area contributed by atoms with Gasteiger partial charge in [-0.1, -0.05) is 6.92 Å². The zero-order valence-corrected chi connectivity index (χ0v) is 12.0. The van der Waals surface area contributed by atoms with Gasteiger partial charge in [-0.2, -0.15) is 0 Å². The van der Waals surface area contributed by atoms with E-state index >= 15 is 0 Å². The second-order valence-corrected chi connectivity index (χ2v) is 5.37. The monoisotopic (exact) mass is 262 g/mol. The van der Waals surface area contributed by atoms with E-state index in [0.717, 1.165) is 13.0 Å². The Labute approximate surface area is 109 Å². The summed E-state index contributed by atoms with van der Waals surface area (Å²) in [5.74, 6) is -1.97. The van der Waals surface area contributed by atoms with Crippen molar-refractivity contribution in [2.75, 3.05) is 34.2 Å². The molecule has 0 amide bonds. The highest BCUT2D eigenvalue weighted by Gasteiger charge is 2.38. The number of nitrogens with zero attached hydrogens (tertiary/aromatic N) is 1. The summed E-state index contributed by atoms with van der Waals surface area (Å²) in [5, 5.41) is 20.2. The molecule has 1 atom stereocenters. The molecule has 0 saturated heterocycles. The molecule has 0 aromatic rings. The molecular weight excluding hydrogens is 236 g/mol. The number of aliphatic carboxylic acids is 1. The van der Waals surface area contributed by atoms with Gasteiger partial charge in [0.05, 0.1) is 21.1 Å². The molecule has 0 radical (unpaired) electrons. The van der Waals surface area contributed by atoms with Gasteiger partial charge in [-0.25, -0.2) is 0 Å². The van der Waals surface area contributed by atoms with E-state index in [-0.39, 0.29) is 6.54 Å². The van der Waals surface area contributed by atoms with Crippen LogP contribution in [0.4, 0.5) is 0 Å². The van der Waals surface area contributed by atoms with Crippen molar-refractivity contribution in [2.24, 2.45) is 5.73 Å². The number of hydrogen-bond donors (Lipinski definition) is 2. The molecule has 6 heteroatoms. The first-order chi connectivity index (χ1) is 7.98. The number of carboxylic acids is 1. The highest BCUT2D eigenvalue weighted by Crippen LogP contribution is 2.15. The number of carbonyl (C=O) groups is 2. The molecule has 0 aliphatic carbocycles. The molecule has 18 heavy (non-hydrogen) atoms. The second-order valence-electron chi connectivity index (χ2n) is 5.37. The molecular formula is C12H26N2O4. The van der Waals surface area contributed by atoms with Crippen molar-refractivity contribution in [3.05, 3.63) is 0 Å². The number of nitrogens with two attached hydrogens (primary N) is 1. The third-order valence-electron chi connectivity index (χ3n) is 2.12. The molecule has 0 aliphatic heterocycles. The molecule has 0 spiro atoms. The predicted molar refractivity (Wildman–Crippen MR) is 67.5 cm³/mol. The molecule has 0 rings (SSSR count). The topological polar surface area (TPSA) is 103 Å². The third-order valence-corrected chi connectivity index (χ3v) is 2.12. The Morgan fingerprint density at radius 2 is 1.72 bits per heavy atom. The van der Waals surface area contributed by atoms with Crippen molar-refractivity contribution >= 4 is 11.8 Å². The molecule has 6 nitrogen and oxygen atoms in total. The van der Waals surface area contributed by atoms with Crippen LogP contribution < -0.4 is 10.8 Å². The van der Waals surface area contributed by atoms with E-state index in [4.69, 9.17) is 5.73 Å². The molecule has 0 aliphatic rings. The van der Waals surface area contributed by atoms with E-state index in [0.29, 0.717) is 4.48 Å². The number of Topliss-reactive ketones (excluding diaryl/α,β-unsaturated/α-hetero) is 1. The van der Waals surface area contributed by atoms with Crippen molar-refractivity contribution in [3.63, 3.8) is 0 Å². The maximum Gasteiger partial charge on any atom is 0.176 e. The average molecular weight is 262 g/mol. The Kier molecular flexibility index (Phi) is 8.80. The largest absolute Gasteiger partial charge is 0.550 e. The number of ketones is 1. The van der Waals surface area contributed by atoms with Gasteiger partial charge in [-0.15, -0.1) is 0 Å². The highest BCUT2D eigenvalue weighted by molar-refractivity contribution is 5.88. The number of carbonyl (C=O) groups excluding carboxylic acids is 2. The number of quaternary nitrogens is 1. The van der Waals surface area contributed by atoms with E-state index in [1.54, 1.807) is 21.1 Å². The van der Waals surface area contributed by atoms with Crippen molar-refractivity contribution in [1.82, 2.24) is 0 Å². The van der Waals surface area contributed by atoms with Crippen LogP contribution >= 0.6 is 0 Å². The summed E-state index contributed by atoms with van der Waals surface area (Å²) in [7, 11) is 5.30. The van der Waals surface area contributed by atoms with Crippen molar-refractivity contribution in [3.8, 4) is 0 Å². The lowest BCUT2D eigenvalue weighted by Crippen LogP contribution is -2.55. The van der Waals surface area contributed by atoms with Gasteiger partial charge in [0.2, 0.25) is 0 Å². The van der Waals surface area contributed by atoms with E-state index in [2.05, 4.69) is 6.92 Å². The number of likely N-dealkylation sites (N-methyl/N-ethyl adjacent to an activating group) is 1. The van der Waals surface area contributed by atoms with E-state index in [1.165, 1.54) is 6.92 Å². The fourth-order valence-corrected chi connectivity index (χ4v) is 1.32. The number of hydrogen-bond acceptors (Lipinski definition) is 5. The van der Waals surface area contributed by atoms with E-state index < -0.39 is 23.8 Å². The van der Waals surface area contributed by atoms with Crippen LogP contribution in [0.1, 0.15) is 26.7 Å². The van der Waals surface area contributed by atoms with Crippen LogP contribution in [-0.4, -0.2) is 61.2 Å². The summed E-state index contributed by atoms with van der Waals surface area (Å²) in [6.45, 7) is 4.11. The minimum absolute atomic E-state index is 0.0519. The Morgan fingerprint density at radius 1 is 1.33 bits per heavy atom. The first-order valence-corrected chi connectivity index (χ1v) is 5.92. The summed E-state index contributed by atoms with van der Waals surface area (Å²) in [6, 6.07) is 0. The molecule has 0 fully saturated rings. The normalized spacial score (nSPS) is 14.2. The Hall–Kier alpha value is -0.980. The van der Waals surface area contributed by atoms with Crippen LogP contribution in [0, 0.1) is 0 Å². The van der Waals surface area contributed by atoms with Crippen LogP contribution in [-0.2, 0) is 9.59 Å². The SMILES string of the molecule is CC(=O)C(O)(CC(=O)[O-])C[N+](C)(C)C.CCCN. The first kappa shape index (κ1) is 19.4. The van der Waals surface area contributed by atoms with Gasteiger partial charge < -0.3 is 25.2 Å². The summed E-state index contributed by atoms with van der Waals surface area (Å²) < 4.78 is 0.309.